The first kappa shape index (κ1) is 12.7. The maximum absolute atomic E-state index is 12.0. The van der Waals surface area contributed by atoms with E-state index in [2.05, 4.69) is 42.2 Å². The summed E-state index contributed by atoms with van der Waals surface area (Å²) >= 11 is 8.09. The summed E-state index contributed by atoms with van der Waals surface area (Å²) in [5, 5.41) is 3.35. The van der Waals surface area contributed by atoms with Crippen LogP contribution in [0.1, 0.15) is 15.9 Å². The summed E-state index contributed by atoms with van der Waals surface area (Å²) in [6.45, 7) is 1.90. The van der Waals surface area contributed by atoms with E-state index in [0.717, 1.165) is 13.8 Å². The third-order valence-electron chi connectivity index (χ3n) is 2.21. The molecular weight excluding hydrogens is 368 g/mol. The Morgan fingerprint density at radius 1 is 1.41 bits per heavy atom. The van der Waals surface area contributed by atoms with Crippen molar-refractivity contribution >= 4 is 54.2 Å². The first-order valence-electron chi connectivity index (χ1n) is 4.75. The molecule has 0 unspecified atom stereocenters. The number of carbonyl (C=O) groups excluding carboxylic acids is 1. The molecule has 0 atom stereocenters. The Labute approximate surface area is 120 Å². The highest BCUT2D eigenvalue weighted by molar-refractivity contribution is 9.11. The van der Waals surface area contributed by atoms with Crippen LogP contribution in [0.2, 0.25) is 0 Å². The van der Waals surface area contributed by atoms with Gasteiger partial charge in [-0.05, 0) is 40.5 Å². The van der Waals surface area contributed by atoms with Gasteiger partial charge in [0.1, 0.15) is 0 Å². The average Bonchev–Trinajstić information content (AvgIpc) is 2.68. The van der Waals surface area contributed by atoms with E-state index in [4.69, 9.17) is 0 Å². The SMILES string of the molecule is Cc1c(Br)cccc1C(=O)Nc1ncc(Br)s1. The third kappa shape index (κ3) is 2.94. The first-order valence-corrected chi connectivity index (χ1v) is 7.16. The van der Waals surface area contributed by atoms with E-state index in [-0.39, 0.29) is 5.91 Å². The van der Waals surface area contributed by atoms with Crippen molar-refractivity contribution < 1.29 is 4.79 Å². The molecule has 2 aromatic rings. The highest BCUT2D eigenvalue weighted by Gasteiger charge is 2.12. The van der Waals surface area contributed by atoms with Crippen molar-refractivity contribution in [3.05, 3.63) is 43.8 Å². The summed E-state index contributed by atoms with van der Waals surface area (Å²) in [5.74, 6) is -0.148. The minimum Gasteiger partial charge on any atom is -0.298 e. The van der Waals surface area contributed by atoms with Crippen LogP contribution < -0.4 is 5.32 Å². The number of benzene rings is 1. The first-order chi connectivity index (χ1) is 8.08. The number of rotatable bonds is 2. The predicted octanol–water partition coefficient (Wildman–Crippen LogP) is 4.23. The van der Waals surface area contributed by atoms with E-state index in [0.29, 0.717) is 10.7 Å². The molecule has 1 aromatic carbocycles. The highest BCUT2D eigenvalue weighted by atomic mass is 79.9. The van der Waals surface area contributed by atoms with E-state index < -0.39 is 0 Å². The summed E-state index contributed by atoms with van der Waals surface area (Å²) in [6.07, 6.45) is 1.66. The summed E-state index contributed by atoms with van der Waals surface area (Å²) in [5.41, 5.74) is 1.56. The second-order valence-corrected chi connectivity index (χ2v) is 6.60. The summed E-state index contributed by atoms with van der Waals surface area (Å²) in [6, 6.07) is 5.54. The van der Waals surface area contributed by atoms with E-state index in [1.165, 1.54) is 11.3 Å². The number of hydrogen-bond acceptors (Lipinski definition) is 3. The molecule has 6 heteroatoms. The lowest BCUT2D eigenvalue weighted by atomic mass is 10.1. The molecule has 88 valence electrons. The number of anilines is 1. The summed E-state index contributed by atoms with van der Waals surface area (Å²) in [7, 11) is 0. The molecule has 0 aliphatic rings. The summed E-state index contributed by atoms with van der Waals surface area (Å²) < 4.78 is 1.81. The molecule has 0 spiro atoms. The molecule has 1 heterocycles. The second-order valence-electron chi connectivity index (χ2n) is 3.34. The molecule has 0 aliphatic heterocycles. The van der Waals surface area contributed by atoms with Gasteiger partial charge in [-0.25, -0.2) is 4.98 Å². The number of hydrogen-bond donors (Lipinski definition) is 1. The quantitative estimate of drug-likeness (QED) is 0.853. The van der Waals surface area contributed by atoms with Crippen LogP contribution >= 0.6 is 43.2 Å². The van der Waals surface area contributed by atoms with Crippen LogP contribution in [0.15, 0.2) is 32.7 Å². The number of halogens is 2. The number of nitrogens with zero attached hydrogens (tertiary/aromatic N) is 1. The van der Waals surface area contributed by atoms with Crippen molar-refractivity contribution in [3.63, 3.8) is 0 Å². The maximum Gasteiger partial charge on any atom is 0.257 e. The maximum atomic E-state index is 12.0. The minimum atomic E-state index is -0.148. The molecule has 1 amide bonds. The Bertz CT molecular complexity index is 568. The molecule has 0 fully saturated rings. The van der Waals surface area contributed by atoms with Crippen LogP contribution in [-0.2, 0) is 0 Å². The fourth-order valence-electron chi connectivity index (χ4n) is 1.33. The molecular formula is C11H8Br2N2OS. The second kappa shape index (κ2) is 5.29. The zero-order valence-corrected chi connectivity index (χ0v) is 12.8. The lowest BCUT2D eigenvalue weighted by Gasteiger charge is -2.06. The van der Waals surface area contributed by atoms with Crippen molar-refractivity contribution in [3.8, 4) is 0 Å². The van der Waals surface area contributed by atoms with Crippen LogP contribution in [0.5, 0.6) is 0 Å². The smallest absolute Gasteiger partial charge is 0.257 e. The Kier molecular flexibility index (Phi) is 3.96. The van der Waals surface area contributed by atoms with Crippen molar-refractivity contribution in [1.82, 2.24) is 4.98 Å². The Balaban J connectivity index is 2.23. The van der Waals surface area contributed by atoms with Gasteiger partial charge in [-0.1, -0.05) is 33.3 Å². The molecule has 1 N–H and O–H groups in total. The monoisotopic (exact) mass is 374 g/mol. The predicted molar refractivity (Wildman–Crippen MR) is 76.6 cm³/mol. The van der Waals surface area contributed by atoms with Gasteiger partial charge in [0.15, 0.2) is 5.13 Å². The van der Waals surface area contributed by atoms with Crippen molar-refractivity contribution in [1.29, 1.82) is 0 Å². The molecule has 3 nitrogen and oxygen atoms in total. The van der Waals surface area contributed by atoms with Crippen molar-refractivity contribution in [2.45, 2.75) is 6.92 Å². The Hall–Kier alpha value is -0.720. The number of thiazole rings is 1. The molecule has 0 saturated heterocycles. The molecule has 1 aromatic heterocycles. The standard InChI is InChI=1S/C11H8Br2N2OS/c1-6-7(3-2-4-8(6)12)10(16)15-11-14-5-9(13)17-11/h2-5H,1H3,(H,14,15,16). The minimum absolute atomic E-state index is 0.148. The molecule has 0 aliphatic carbocycles. The number of carbonyl (C=O) groups is 1. The van der Waals surface area contributed by atoms with Crippen molar-refractivity contribution in [2.75, 3.05) is 5.32 Å². The molecule has 2 rings (SSSR count). The van der Waals surface area contributed by atoms with Crippen LogP contribution in [0.4, 0.5) is 5.13 Å². The largest absolute Gasteiger partial charge is 0.298 e. The van der Waals surface area contributed by atoms with Gasteiger partial charge in [-0.15, -0.1) is 0 Å². The molecule has 0 radical (unpaired) electrons. The van der Waals surface area contributed by atoms with Gasteiger partial charge in [0, 0.05) is 10.0 Å². The number of amides is 1. The van der Waals surface area contributed by atoms with Gasteiger partial charge < -0.3 is 0 Å². The number of aromatic nitrogens is 1. The third-order valence-corrected chi connectivity index (χ3v) is 4.46. The fourth-order valence-corrected chi connectivity index (χ4v) is 2.80. The lowest BCUT2D eigenvalue weighted by Crippen LogP contribution is -2.13. The molecule has 0 bridgehead atoms. The fraction of sp³-hybridized carbons (Fsp3) is 0.0909. The lowest BCUT2D eigenvalue weighted by molar-refractivity contribution is 0.102. The normalized spacial score (nSPS) is 10.3. The molecule has 0 saturated carbocycles. The van der Waals surface area contributed by atoms with Crippen LogP contribution in [0, 0.1) is 6.92 Å². The van der Waals surface area contributed by atoms with E-state index in [1.54, 1.807) is 12.3 Å². The number of nitrogens with one attached hydrogen (secondary N) is 1. The van der Waals surface area contributed by atoms with Crippen LogP contribution in [0.25, 0.3) is 0 Å². The zero-order valence-electron chi connectivity index (χ0n) is 8.83. The van der Waals surface area contributed by atoms with Gasteiger partial charge in [-0.2, -0.15) is 0 Å². The van der Waals surface area contributed by atoms with Gasteiger partial charge in [-0.3, -0.25) is 10.1 Å². The van der Waals surface area contributed by atoms with Crippen LogP contribution in [0.3, 0.4) is 0 Å². The average molecular weight is 376 g/mol. The van der Waals surface area contributed by atoms with Gasteiger partial charge in [0.2, 0.25) is 0 Å². The molecule has 17 heavy (non-hydrogen) atoms. The Morgan fingerprint density at radius 2 is 2.18 bits per heavy atom. The Morgan fingerprint density at radius 3 is 2.82 bits per heavy atom. The zero-order chi connectivity index (χ0) is 12.4. The van der Waals surface area contributed by atoms with E-state index in [9.17, 15) is 4.79 Å². The van der Waals surface area contributed by atoms with Crippen LogP contribution in [-0.4, -0.2) is 10.9 Å². The highest BCUT2D eigenvalue weighted by Crippen LogP contribution is 2.25. The van der Waals surface area contributed by atoms with Gasteiger partial charge in [0.25, 0.3) is 5.91 Å². The van der Waals surface area contributed by atoms with E-state index >= 15 is 0 Å². The summed E-state index contributed by atoms with van der Waals surface area (Å²) in [4.78, 5) is 16.1. The van der Waals surface area contributed by atoms with E-state index in [1.807, 2.05) is 19.1 Å². The van der Waals surface area contributed by atoms with Crippen molar-refractivity contribution in [2.24, 2.45) is 0 Å². The topological polar surface area (TPSA) is 42.0 Å². The van der Waals surface area contributed by atoms with Gasteiger partial charge in [0.05, 0.1) is 9.98 Å². The van der Waals surface area contributed by atoms with Gasteiger partial charge >= 0.3 is 0 Å².